The van der Waals surface area contributed by atoms with Crippen LogP contribution in [0.3, 0.4) is 0 Å². The van der Waals surface area contributed by atoms with Crippen molar-refractivity contribution in [3.05, 3.63) is 156 Å². The second kappa shape index (κ2) is 14.1. The molecule has 202 valence electrons. The van der Waals surface area contributed by atoms with Crippen LogP contribution in [0.4, 0.5) is 0 Å². The Labute approximate surface area is 249 Å². The zero-order valence-electron chi connectivity index (χ0n) is 22.6. The van der Waals surface area contributed by atoms with Gasteiger partial charge in [0, 0.05) is 5.33 Å². The molecule has 0 aliphatic carbocycles. The molecule has 0 saturated heterocycles. The molecule has 0 aliphatic heterocycles. The van der Waals surface area contributed by atoms with Gasteiger partial charge in [-0.2, -0.15) is 15.5 Å². The van der Waals surface area contributed by atoms with E-state index in [-0.39, 0.29) is 0 Å². The van der Waals surface area contributed by atoms with Gasteiger partial charge in [-0.25, -0.2) is 0 Å². The van der Waals surface area contributed by atoms with E-state index in [1.807, 2.05) is 59.3 Å². The Morgan fingerprint density at radius 2 is 0.951 bits per heavy atom. The smallest absolute Gasteiger partial charge is 0.0793 e. The lowest BCUT2D eigenvalue weighted by Crippen LogP contribution is -2.04. The Bertz CT molecular complexity index is 1690. The maximum absolute atomic E-state index is 8.88. The summed E-state index contributed by atoms with van der Waals surface area (Å²) in [5, 5.41) is 18.9. The van der Waals surface area contributed by atoms with Gasteiger partial charge in [0.25, 0.3) is 0 Å². The fraction of sp³-hybridized carbons (Fsp3) is 0.114. The summed E-state index contributed by atoms with van der Waals surface area (Å²) >= 11 is 3.49. The lowest BCUT2D eigenvalue weighted by molar-refractivity contribution is 0.683. The van der Waals surface area contributed by atoms with Crippen molar-refractivity contribution in [3.63, 3.8) is 0 Å². The van der Waals surface area contributed by atoms with E-state index in [1.165, 1.54) is 16.7 Å². The van der Waals surface area contributed by atoms with Crippen LogP contribution in [0.2, 0.25) is 0 Å². The first-order valence-electron chi connectivity index (χ1n) is 13.5. The Balaban J connectivity index is 0.000000165. The Morgan fingerprint density at radius 1 is 0.561 bits per heavy atom. The minimum absolute atomic E-state index is 0.335. The maximum atomic E-state index is 8.88. The molecule has 5 nitrogen and oxygen atoms in total. The van der Waals surface area contributed by atoms with Crippen LogP contribution in [0.5, 0.6) is 0 Å². The standard InChI is InChI=1S/C18H15N3.C17H15BrN2/c19-12-11-17-13-18(16-9-5-2-6-10-16)21(20-17)14-15-7-3-1-4-8-15;18-12-16-11-17(15-9-5-2-6-10-15)20(19-16)13-14-7-3-1-4-8-14/h1-10,13H,11,14H2;1-11H,12-13H2. The zero-order chi connectivity index (χ0) is 28.3. The van der Waals surface area contributed by atoms with E-state index in [9.17, 15) is 0 Å². The molecule has 0 radical (unpaired) electrons. The van der Waals surface area contributed by atoms with Crippen LogP contribution in [0.15, 0.2) is 133 Å². The molecule has 0 saturated carbocycles. The van der Waals surface area contributed by atoms with Crippen LogP contribution in [0.1, 0.15) is 22.5 Å². The average molecular weight is 601 g/mol. The van der Waals surface area contributed by atoms with Crippen molar-refractivity contribution in [1.29, 1.82) is 5.26 Å². The van der Waals surface area contributed by atoms with Crippen molar-refractivity contribution in [2.45, 2.75) is 24.8 Å². The molecule has 0 atom stereocenters. The molecular formula is C35H30BrN5. The number of nitriles is 1. The van der Waals surface area contributed by atoms with Crippen molar-refractivity contribution in [2.24, 2.45) is 0 Å². The Morgan fingerprint density at radius 3 is 1.37 bits per heavy atom. The third-order valence-electron chi connectivity index (χ3n) is 6.55. The first-order chi connectivity index (χ1) is 20.2. The summed E-state index contributed by atoms with van der Waals surface area (Å²) < 4.78 is 4.04. The largest absolute Gasteiger partial charge is 0.260 e. The number of benzene rings is 4. The van der Waals surface area contributed by atoms with Crippen molar-refractivity contribution >= 4 is 15.9 Å². The van der Waals surface area contributed by atoms with Crippen LogP contribution < -0.4 is 0 Å². The number of nitrogens with zero attached hydrogens (tertiary/aromatic N) is 5. The first-order valence-corrected chi connectivity index (χ1v) is 14.6. The predicted octanol–water partition coefficient (Wildman–Crippen LogP) is 8.16. The molecule has 0 bridgehead atoms. The number of halogens is 1. The van der Waals surface area contributed by atoms with E-state index in [2.05, 4.69) is 116 Å². The number of rotatable bonds is 8. The van der Waals surface area contributed by atoms with E-state index >= 15 is 0 Å². The molecule has 6 heteroatoms. The molecule has 0 aliphatic rings. The monoisotopic (exact) mass is 599 g/mol. The lowest BCUT2D eigenvalue weighted by atomic mass is 10.1. The number of hydrogen-bond donors (Lipinski definition) is 0. The van der Waals surface area contributed by atoms with Gasteiger partial charge in [-0.3, -0.25) is 9.36 Å². The van der Waals surface area contributed by atoms with Gasteiger partial charge in [-0.15, -0.1) is 0 Å². The van der Waals surface area contributed by atoms with Gasteiger partial charge in [-0.1, -0.05) is 137 Å². The average Bonchev–Trinajstić information content (AvgIpc) is 3.63. The SMILES string of the molecule is BrCc1cc(-c2ccccc2)n(Cc2ccccc2)n1.N#CCc1cc(-c2ccccc2)n(Cc2ccccc2)n1. The van der Waals surface area contributed by atoms with Crippen molar-refractivity contribution in [2.75, 3.05) is 0 Å². The molecule has 0 amide bonds. The first kappa shape index (κ1) is 27.8. The summed E-state index contributed by atoms with van der Waals surface area (Å²) in [4.78, 5) is 0. The summed E-state index contributed by atoms with van der Waals surface area (Å²) in [6.07, 6.45) is 0.335. The van der Waals surface area contributed by atoms with Crippen LogP contribution in [-0.4, -0.2) is 19.6 Å². The molecule has 2 aromatic heterocycles. The van der Waals surface area contributed by atoms with Crippen LogP contribution in [-0.2, 0) is 24.8 Å². The topological polar surface area (TPSA) is 59.4 Å². The number of aromatic nitrogens is 4. The van der Waals surface area contributed by atoms with Gasteiger partial charge in [0.1, 0.15) is 0 Å². The second-order valence-electron chi connectivity index (χ2n) is 9.53. The second-order valence-corrected chi connectivity index (χ2v) is 10.1. The van der Waals surface area contributed by atoms with Gasteiger partial charge < -0.3 is 0 Å². The fourth-order valence-corrected chi connectivity index (χ4v) is 4.88. The number of alkyl halides is 1. The summed E-state index contributed by atoms with van der Waals surface area (Å²) in [6, 6.07) is 47.5. The van der Waals surface area contributed by atoms with E-state index in [0.29, 0.717) is 13.0 Å². The summed E-state index contributed by atoms with van der Waals surface area (Å²) in [5.41, 5.74) is 8.84. The predicted molar refractivity (Wildman–Crippen MR) is 168 cm³/mol. The quantitative estimate of drug-likeness (QED) is 0.166. The molecule has 4 aromatic carbocycles. The summed E-state index contributed by atoms with van der Waals surface area (Å²) in [5.74, 6) is 0. The zero-order valence-corrected chi connectivity index (χ0v) is 24.2. The lowest BCUT2D eigenvalue weighted by Gasteiger charge is -2.07. The third kappa shape index (κ3) is 7.47. The molecule has 2 heterocycles. The van der Waals surface area contributed by atoms with Crippen molar-refractivity contribution in [3.8, 4) is 28.6 Å². The fourth-order valence-electron chi connectivity index (χ4n) is 4.61. The molecule has 41 heavy (non-hydrogen) atoms. The minimum Gasteiger partial charge on any atom is -0.260 e. The highest BCUT2D eigenvalue weighted by Crippen LogP contribution is 2.23. The van der Waals surface area contributed by atoms with E-state index in [0.717, 1.165) is 40.2 Å². The van der Waals surface area contributed by atoms with Gasteiger partial charge in [-0.05, 0) is 34.4 Å². The van der Waals surface area contributed by atoms with Gasteiger partial charge in [0.05, 0.1) is 48.4 Å². The molecule has 0 fully saturated rings. The Kier molecular flexibility index (Phi) is 9.54. The van der Waals surface area contributed by atoms with Crippen LogP contribution >= 0.6 is 15.9 Å². The highest BCUT2D eigenvalue weighted by atomic mass is 79.9. The van der Waals surface area contributed by atoms with Gasteiger partial charge in [0.15, 0.2) is 0 Å². The van der Waals surface area contributed by atoms with Gasteiger partial charge >= 0.3 is 0 Å². The molecular weight excluding hydrogens is 570 g/mol. The molecule has 0 unspecified atom stereocenters. The molecule has 6 aromatic rings. The molecule has 0 spiro atoms. The maximum Gasteiger partial charge on any atom is 0.0793 e. The highest BCUT2D eigenvalue weighted by molar-refractivity contribution is 9.08. The summed E-state index contributed by atoms with van der Waals surface area (Å²) in [7, 11) is 0. The van der Waals surface area contributed by atoms with Gasteiger partial charge in [0.2, 0.25) is 0 Å². The van der Waals surface area contributed by atoms with Crippen LogP contribution in [0, 0.1) is 11.3 Å². The van der Waals surface area contributed by atoms with Crippen molar-refractivity contribution in [1.82, 2.24) is 19.6 Å². The third-order valence-corrected chi connectivity index (χ3v) is 7.12. The molecule has 6 rings (SSSR count). The van der Waals surface area contributed by atoms with Crippen molar-refractivity contribution < 1.29 is 0 Å². The van der Waals surface area contributed by atoms with E-state index in [1.54, 1.807) is 0 Å². The van der Waals surface area contributed by atoms with E-state index < -0.39 is 0 Å². The Hall–Kier alpha value is -4.73. The normalized spacial score (nSPS) is 10.4. The highest BCUT2D eigenvalue weighted by Gasteiger charge is 2.11. The number of hydrogen-bond acceptors (Lipinski definition) is 3. The minimum atomic E-state index is 0.335. The summed E-state index contributed by atoms with van der Waals surface area (Å²) in [6.45, 7) is 1.49. The van der Waals surface area contributed by atoms with E-state index in [4.69, 9.17) is 5.26 Å². The van der Waals surface area contributed by atoms with Crippen LogP contribution in [0.25, 0.3) is 22.5 Å². The molecule has 0 N–H and O–H groups in total.